The summed E-state index contributed by atoms with van der Waals surface area (Å²) in [6.07, 6.45) is 3.58. The van der Waals surface area contributed by atoms with Gasteiger partial charge in [-0.15, -0.1) is 0 Å². The van der Waals surface area contributed by atoms with Crippen molar-refractivity contribution in [2.75, 3.05) is 0 Å². The molecule has 1 aromatic carbocycles. The summed E-state index contributed by atoms with van der Waals surface area (Å²) < 4.78 is 0. The van der Waals surface area contributed by atoms with Crippen LogP contribution in [0.4, 0.5) is 0 Å². The smallest absolute Gasteiger partial charge is 0.0792 e. The normalized spacial score (nSPS) is 12.4. The van der Waals surface area contributed by atoms with Crippen LogP contribution in [0.1, 0.15) is 50.3 Å². The number of unbranched alkanes of at least 4 members (excludes halogenated alkanes) is 1. The molecule has 88 valence electrons. The first-order valence-corrected chi connectivity index (χ1v) is 6.05. The minimum absolute atomic E-state index is 0.324. The van der Waals surface area contributed by atoms with Gasteiger partial charge in [0.1, 0.15) is 0 Å². The Balaban J connectivity index is 2.80. The molecular formula is C15H22O. The van der Waals surface area contributed by atoms with E-state index in [0.29, 0.717) is 0 Å². The SMILES string of the molecule is C=C(C)Cc1ccccc1C(O)CCCC. The van der Waals surface area contributed by atoms with Crippen molar-refractivity contribution in [2.24, 2.45) is 0 Å². The average Bonchev–Trinajstić information content (AvgIpc) is 2.26. The molecule has 1 N–H and O–H groups in total. The lowest BCUT2D eigenvalue weighted by atomic mass is 9.95. The first-order valence-electron chi connectivity index (χ1n) is 6.05. The van der Waals surface area contributed by atoms with Gasteiger partial charge in [-0.2, -0.15) is 0 Å². The minimum Gasteiger partial charge on any atom is -0.388 e. The summed E-state index contributed by atoms with van der Waals surface area (Å²) >= 11 is 0. The molecule has 1 rings (SSSR count). The van der Waals surface area contributed by atoms with Gasteiger partial charge in [0.05, 0.1) is 6.10 Å². The van der Waals surface area contributed by atoms with Crippen LogP contribution in [0.5, 0.6) is 0 Å². The van der Waals surface area contributed by atoms with Crippen molar-refractivity contribution in [1.82, 2.24) is 0 Å². The summed E-state index contributed by atoms with van der Waals surface area (Å²) in [4.78, 5) is 0. The second-order valence-corrected chi connectivity index (χ2v) is 4.49. The van der Waals surface area contributed by atoms with Crippen LogP contribution in [0.3, 0.4) is 0 Å². The molecule has 0 aliphatic carbocycles. The minimum atomic E-state index is -0.324. The summed E-state index contributed by atoms with van der Waals surface area (Å²) in [7, 11) is 0. The van der Waals surface area contributed by atoms with Gasteiger partial charge in [-0.1, -0.05) is 56.2 Å². The Kier molecular flexibility index (Phi) is 5.27. The van der Waals surface area contributed by atoms with Crippen LogP contribution in [-0.2, 0) is 6.42 Å². The zero-order valence-corrected chi connectivity index (χ0v) is 10.4. The number of aliphatic hydroxyl groups excluding tert-OH is 1. The highest BCUT2D eigenvalue weighted by Crippen LogP contribution is 2.24. The maximum absolute atomic E-state index is 10.1. The topological polar surface area (TPSA) is 20.2 Å². The van der Waals surface area contributed by atoms with Crippen molar-refractivity contribution in [1.29, 1.82) is 0 Å². The van der Waals surface area contributed by atoms with Crippen LogP contribution in [0.2, 0.25) is 0 Å². The van der Waals surface area contributed by atoms with Crippen LogP contribution < -0.4 is 0 Å². The van der Waals surface area contributed by atoms with Gasteiger partial charge in [0.15, 0.2) is 0 Å². The Morgan fingerprint density at radius 2 is 2.06 bits per heavy atom. The summed E-state index contributed by atoms with van der Waals surface area (Å²) in [6, 6.07) is 8.12. The fourth-order valence-electron chi connectivity index (χ4n) is 1.90. The molecule has 1 unspecified atom stereocenters. The fraction of sp³-hybridized carbons (Fsp3) is 0.467. The third-order valence-corrected chi connectivity index (χ3v) is 2.74. The number of benzene rings is 1. The summed E-state index contributed by atoms with van der Waals surface area (Å²) in [5.74, 6) is 0. The van der Waals surface area contributed by atoms with Gasteiger partial charge in [-0.05, 0) is 30.9 Å². The van der Waals surface area contributed by atoms with E-state index in [9.17, 15) is 5.11 Å². The largest absolute Gasteiger partial charge is 0.388 e. The van der Waals surface area contributed by atoms with Gasteiger partial charge in [-0.25, -0.2) is 0 Å². The lowest BCUT2D eigenvalue weighted by Gasteiger charge is -2.15. The van der Waals surface area contributed by atoms with Gasteiger partial charge in [0, 0.05) is 0 Å². The van der Waals surface area contributed by atoms with E-state index < -0.39 is 0 Å². The molecular weight excluding hydrogens is 196 g/mol. The number of aliphatic hydroxyl groups is 1. The molecule has 0 spiro atoms. The Hall–Kier alpha value is -1.08. The maximum Gasteiger partial charge on any atom is 0.0792 e. The molecule has 0 aromatic heterocycles. The lowest BCUT2D eigenvalue weighted by molar-refractivity contribution is 0.163. The van der Waals surface area contributed by atoms with Crippen molar-refractivity contribution in [3.63, 3.8) is 0 Å². The second kappa shape index (κ2) is 6.49. The Labute approximate surface area is 98.8 Å². The van der Waals surface area contributed by atoms with Crippen molar-refractivity contribution >= 4 is 0 Å². The van der Waals surface area contributed by atoms with Gasteiger partial charge in [0.25, 0.3) is 0 Å². The molecule has 0 bridgehead atoms. The number of rotatable bonds is 6. The molecule has 0 fully saturated rings. The molecule has 1 nitrogen and oxygen atoms in total. The fourth-order valence-corrected chi connectivity index (χ4v) is 1.90. The predicted molar refractivity (Wildman–Crippen MR) is 69.4 cm³/mol. The first kappa shape index (κ1) is 13.0. The van der Waals surface area contributed by atoms with Gasteiger partial charge in [0.2, 0.25) is 0 Å². The van der Waals surface area contributed by atoms with Gasteiger partial charge < -0.3 is 5.11 Å². The van der Waals surface area contributed by atoms with E-state index in [1.807, 2.05) is 25.1 Å². The Bertz CT molecular complexity index is 341. The summed E-state index contributed by atoms with van der Waals surface area (Å²) in [5, 5.41) is 10.1. The molecule has 0 saturated carbocycles. The zero-order chi connectivity index (χ0) is 12.0. The molecule has 0 aliphatic heterocycles. The molecule has 0 saturated heterocycles. The molecule has 16 heavy (non-hydrogen) atoms. The van der Waals surface area contributed by atoms with E-state index in [-0.39, 0.29) is 6.10 Å². The number of hydrogen-bond acceptors (Lipinski definition) is 1. The third kappa shape index (κ3) is 3.82. The number of allylic oxidation sites excluding steroid dienone is 1. The monoisotopic (exact) mass is 218 g/mol. The number of hydrogen-bond donors (Lipinski definition) is 1. The van der Waals surface area contributed by atoms with Crippen LogP contribution in [-0.4, -0.2) is 5.11 Å². The summed E-state index contributed by atoms with van der Waals surface area (Å²) in [6.45, 7) is 8.10. The molecule has 0 heterocycles. The molecule has 1 aromatic rings. The van der Waals surface area contributed by atoms with Crippen molar-refractivity contribution in [3.05, 3.63) is 47.5 Å². The molecule has 0 amide bonds. The zero-order valence-electron chi connectivity index (χ0n) is 10.4. The van der Waals surface area contributed by atoms with Crippen LogP contribution in [0, 0.1) is 0 Å². The Morgan fingerprint density at radius 3 is 2.69 bits per heavy atom. The van der Waals surface area contributed by atoms with Crippen molar-refractivity contribution < 1.29 is 5.11 Å². The second-order valence-electron chi connectivity index (χ2n) is 4.49. The first-order chi connectivity index (χ1) is 7.65. The molecule has 0 radical (unpaired) electrons. The molecule has 0 aliphatic rings. The van der Waals surface area contributed by atoms with Crippen molar-refractivity contribution in [3.8, 4) is 0 Å². The maximum atomic E-state index is 10.1. The van der Waals surface area contributed by atoms with Gasteiger partial charge >= 0.3 is 0 Å². The Morgan fingerprint density at radius 1 is 1.38 bits per heavy atom. The lowest BCUT2D eigenvalue weighted by Crippen LogP contribution is -2.02. The third-order valence-electron chi connectivity index (χ3n) is 2.74. The molecule has 1 heteroatoms. The van der Waals surface area contributed by atoms with Crippen LogP contribution in [0.15, 0.2) is 36.4 Å². The highest BCUT2D eigenvalue weighted by molar-refractivity contribution is 5.31. The van der Waals surface area contributed by atoms with E-state index in [2.05, 4.69) is 19.6 Å². The van der Waals surface area contributed by atoms with E-state index >= 15 is 0 Å². The van der Waals surface area contributed by atoms with Crippen molar-refractivity contribution in [2.45, 2.75) is 45.6 Å². The molecule has 1 atom stereocenters. The summed E-state index contributed by atoms with van der Waals surface area (Å²) in [5.41, 5.74) is 3.41. The van der Waals surface area contributed by atoms with Gasteiger partial charge in [-0.3, -0.25) is 0 Å². The van der Waals surface area contributed by atoms with E-state index in [1.54, 1.807) is 0 Å². The van der Waals surface area contributed by atoms with Crippen LogP contribution >= 0.6 is 0 Å². The predicted octanol–water partition coefficient (Wildman–Crippen LogP) is 4.03. The highest BCUT2D eigenvalue weighted by atomic mass is 16.3. The quantitative estimate of drug-likeness (QED) is 0.715. The average molecular weight is 218 g/mol. The highest BCUT2D eigenvalue weighted by Gasteiger charge is 2.11. The van der Waals surface area contributed by atoms with Crippen LogP contribution in [0.25, 0.3) is 0 Å². The van der Waals surface area contributed by atoms with E-state index in [0.717, 1.165) is 36.8 Å². The van der Waals surface area contributed by atoms with E-state index in [4.69, 9.17) is 0 Å². The standard InChI is InChI=1S/C15H22O/c1-4-5-10-15(16)14-9-7-6-8-13(14)11-12(2)3/h6-9,15-16H,2,4-5,10-11H2,1,3H3. The van der Waals surface area contributed by atoms with E-state index in [1.165, 1.54) is 5.56 Å².